The molecule has 0 N–H and O–H groups in total. The van der Waals surface area contributed by atoms with Crippen LogP contribution in [0.3, 0.4) is 0 Å². The first-order valence-corrected chi connectivity index (χ1v) is 4.60. The van der Waals surface area contributed by atoms with Gasteiger partial charge in [-0.2, -0.15) is 0 Å². The fraction of sp³-hybridized carbons (Fsp3) is 0.143. The van der Waals surface area contributed by atoms with E-state index in [9.17, 15) is 4.39 Å². The third kappa shape index (κ3) is 3.77. The molecule has 72 valence electrons. The van der Waals surface area contributed by atoms with Gasteiger partial charge in [0.2, 0.25) is 0 Å². The van der Waals surface area contributed by atoms with Gasteiger partial charge >= 0.3 is 3.98 Å². The lowest BCUT2D eigenvalue weighted by Crippen LogP contribution is -2.13. The van der Waals surface area contributed by atoms with E-state index in [4.69, 9.17) is 46.4 Å². The Balaban J connectivity index is 2.94. The molecule has 1 nitrogen and oxygen atoms in total. The summed E-state index contributed by atoms with van der Waals surface area (Å²) in [6.45, 7) is 0. The molecule has 0 aliphatic carbocycles. The minimum Gasteiger partial charge on any atom is -0.442 e. The molecule has 0 aliphatic rings. The molecule has 1 aromatic rings. The van der Waals surface area contributed by atoms with Crippen molar-refractivity contribution >= 4 is 46.4 Å². The lowest BCUT2D eigenvalue weighted by atomic mass is 10.3. The molecule has 13 heavy (non-hydrogen) atoms. The minimum absolute atomic E-state index is 0.201. The molecule has 0 radical (unpaired) electrons. The smallest absolute Gasteiger partial charge is 0.338 e. The van der Waals surface area contributed by atoms with E-state index in [-0.39, 0.29) is 5.75 Å². The quantitative estimate of drug-likeness (QED) is 0.691. The second kappa shape index (κ2) is 4.09. The molecule has 1 aromatic carbocycles. The van der Waals surface area contributed by atoms with Gasteiger partial charge in [-0.3, -0.25) is 0 Å². The van der Waals surface area contributed by atoms with Gasteiger partial charge < -0.3 is 4.74 Å². The van der Waals surface area contributed by atoms with Crippen molar-refractivity contribution in [2.45, 2.75) is 3.98 Å². The molecule has 0 fully saturated rings. The maximum absolute atomic E-state index is 12.9. The standard InChI is InChI=1S/C7H3Cl4FO/c8-4-1-2-5(12)6(3-4)13-7(9,10)11/h1-3H. The van der Waals surface area contributed by atoms with Crippen molar-refractivity contribution in [2.75, 3.05) is 0 Å². The predicted octanol–water partition coefficient (Wildman–Crippen LogP) is 4.19. The van der Waals surface area contributed by atoms with Gasteiger partial charge in [-0.1, -0.05) is 11.6 Å². The Kier molecular flexibility index (Phi) is 3.52. The number of ether oxygens (including phenoxy) is 1. The number of alkyl halides is 3. The van der Waals surface area contributed by atoms with Gasteiger partial charge in [0.25, 0.3) is 0 Å². The van der Waals surface area contributed by atoms with Crippen LogP contribution in [-0.4, -0.2) is 3.98 Å². The van der Waals surface area contributed by atoms with Crippen LogP contribution in [0.15, 0.2) is 18.2 Å². The van der Waals surface area contributed by atoms with Crippen LogP contribution >= 0.6 is 46.4 Å². The molecule has 0 saturated carbocycles. The summed E-state index contributed by atoms with van der Waals surface area (Å²) in [5.41, 5.74) is 0. The molecule has 0 saturated heterocycles. The van der Waals surface area contributed by atoms with Crippen LogP contribution in [0.4, 0.5) is 4.39 Å². The lowest BCUT2D eigenvalue weighted by molar-refractivity contribution is 0.303. The van der Waals surface area contributed by atoms with Crippen LogP contribution in [0, 0.1) is 5.82 Å². The lowest BCUT2D eigenvalue weighted by Gasteiger charge is -2.14. The summed E-state index contributed by atoms with van der Waals surface area (Å²) in [7, 11) is 0. The Morgan fingerprint density at radius 1 is 1.23 bits per heavy atom. The SMILES string of the molecule is Fc1ccc(Cl)cc1OC(Cl)(Cl)Cl. The monoisotopic (exact) mass is 262 g/mol. The van der Waals surface area contributed by atoms with Crippen LogP contribution in [0.5, 0.6) is 5.75 Å². The first-order valence-electron chi connectivity index (χ1n) is 3.09. The van der Waals surface area contributed by atoms with E-state index < -0.39 is 9.80 Å². The zero-order valence-electron chi connectivity index (χ0n) is 6.03. The second-order valence-corrected chi connectivity index (χ2v) is 4.74. The summed E-state index contributed by atoms with van der Waals surface area (Å²) in [5.74, 6) is -0.844. The minimum atomic E-state index is -1.99. The summed E-state index contributed by atoms with van der Waals surface area (Å²) >= 11 is 21.4. The highest BCUT2D eigenvalue weighted by atomic mass is 35.6. The Morgan fingerprint density at radius 2 is 1.85 bits per heavy atom. The van der Waals surface area contributed by atoms with Gasteiger partial charge in [0.05, 0.1) is 0 Å². The van der Waals surface area contributed by atoms with Crippen molar-refractivity contribution in [1.29, 1.82) is 0 Å². The molecule has 0 aliphatic heterocycles. The van der Waals surface area contributed by atoms with Crippen molar-refractivity contribution in [3.63, 3.8) is 0 Å². The Morgan fingerprint density at radius 3 is 2.38 bits per heavy atom. The Labute approximate surface area is 94.3 Å². The fourth-order valence-electron chi connectivity index (χ4n) is 0.680. The summed E-state index contributed by atoms with van der Waals surface area (Å²) in [4.78, 5) is 0. The number of hydrogen-bond donors (Lipinski definition) is 0. The van der Waals surface area contributed by atoms with Gasteiger partial charge in [-0.25, -0.2) is 4.39 Å². The molecule has 0 atom stereocenters. The van der Waals surface area contributed by atoms with Crippen molar-refractivity contribution in [3.8, 4) is 5.75 Å². The van der Waals surface area contributed by atoms with Crippen LogP contribution in [0.2, 0.25) is 5.02 Å². The normalized spacial score (nSPS) is 11.5. The van der Waals surface area contributed by atoms with E-state index in [0.29, 0.717) is 5.02 Å². The van der Waals surface area contributed by atoms with Crippen molar-refractivity contribution < 1.29 is 9.13 Å². The van der Waals surface area contributed by atoms with Gasteiger partial charge in [-0.15, -0.1) is 0 Å². The van der Waals surface area contributed by atoms with E-state index in [1.54, 1.807) is 0 Å². The third-order valence-electron chi connectivity index (χ3n) is 1.12. The largest absolute Gasteiger partial charge is 0.442 e. The number of halogens is 5. The highest BCUT2D eigenvalue weighted by Gasteiger charge is 2.23. The molecular formula is C7H3Cl4FO. The predicted molar refractivity (Wildman–Crippen MR) is 52.3 cm³/mol. The average molecular weight is 264 g/mol. The summed E-state index contributed by atoms with van der Waals surface area (Å²) in [5, 5.41) is 0.297. The maximum atomic E-state index is 12.9. The molecule has 0 heterocycles. The van der Waals surface area contributed by atoms with E-state index in [2.05, 4.69) is 4.74 Å². The second-order valence-electron chi connectivity index (χ2n) is 2.12. The van der Waals surface area contributed by atoms with Crippen LogP contribution in [0.25, 0.3) is 0 Å². The van der Waals surface area contributed by atoms with E-state index in [0.717, 1.165) is 6.07 Å². The van der Waals surface area contributed by atoms with Gasteiger partial charge in [0.1, 0.15) is 0 Å². The molecule has 0 spiro atoms. The third-order valence-corrected chi connectivity index (χ3v) is 1.59. The van der Waals surface area contributed by atoms with Gasteiger partial charge in [0, 0.05) is 11.1 Å². The highest BCUT2D eigenvalue weighted by molar-refractivity contribution is 6.66. The van der Waals surface area contributed by atoms with Gasteiger partial charge in [-0.05, 0) is 46.9 Å². The molecule has 0 unspecified atom stereocenters. The molecule has 0 bridgehead atoms. The number of rotatable bonds is 1. The molecule has 0 amide bonds. The zero-order chi connectivity index (χ0) is 10.1. The topological polar surface area (TPSA) is 9.23 Å². The Hall–Kier alpha value is 0.110. The summed E-state index contributed by atoms with van der Waals surface area (Å²) < 4.78 is 15.6. The molecule has 1 rings (SSSR count). The maximum Gasteiger partial charge on any atom is 0.338 e. The zero-order valence-corrected chi connectivity index (χ0v) is 9.05. The first-order chi connectivity index (χ1) is 5.88. The molecular weight excluding hydrogens is 261 g/mol. The van der Waals surface area contributed by atoms with Crippen molar-refractivity contribution in [2.24, 2.45) is 0 Å². The van der Waals surface area contributed by atoms with E-state index in [1.165, 1.54) is 12.1 Å². The Bertz CT molecular complexity index is 310. The van der Waals surface area contributed by atoms with Crippen molar-refractivity contribution in [3.05, 3.63) is 29.0 Å². The fourth-order valence-corrected chi connectivity index (χ4v) is 1.09. The average Bonchev–Trinajstić information content (AvgIpc) is 1.94. The summed E-state index contributed by atoms with van der Waals surface area (Å²) in [6, 6.07) is 3.70. The molecule has 6 heteroatoms. The first kappa shape index (κ1) is 11.2. The number of benzene rings is 1. The van der Waals surface area contributed by atoms with Crippen molar-refractivity contribution in [1.82, 2.24) is 0 Å². The van der Waals surface area contributed by atoms with Crippen LogP contribution < -0.4 is 4.74 Å². The van der Waals surface area contributed by atoms with Crippen LogP contribution in [0.1, 0.15) is 0 Å². The van der Waals surface area contributed by atoms with Gasteiger partial charge in [0.15, 0.2) is 11.6 Å². The van der Waals surface area contributed by atoms with Crippen LogP contribution in [-0.2, 0) is 0 Å². The molecule has 0 aromatic heterocycles. The van der Waals surface area contributed by atoms with E-state index in [1.807, 2.05) is 0 Å². The number of hydrogen-bond acceptors (Lipinski definition) is 1. The van der Waals surface area contributed by atoms with E-state index >= 15 is 0 Å². The highest BCUT2D eigenvalue weighted by Crippen LogP contribution is 2.32. The summed E-state index contributed by atoms with van der Waals surface area (Å²) in [6.07, 6.45) is 0.